The van der Waals surface area contributed by atoms with E-state index in [1.54, 1.807) is 5.51 Å². The summed E-state index contributed by atoms with van der Waals surface area (Å²) in [6.07, 6.45) is 0.00278. The lowest BCUT2D eigenvalue weighted by molar-refractivity contribution is 0.0860. The van der Waals surface area contributed by atoms with Crippen LogP contribution in [0.15, 0.2) is 29.8 Å². The monoisotopic (exact) mass is 316 g/mol. The van der Waals surface area contributed by atoms with E-state index in [0.717, 1.165) is 16.8 Å². The van der Waals surface area contributed by atoms with E-state index in [-0.39, 0.29) is 17.4 Å². The first kappa shape index (κ1) is 15.2. The fourth-order valence-corrected chi connectivity index (χ4v) is 3.80. The average molecular weight is 316 g/mol. The average Bonchev–Trinajstić information content (AvgIpc) is 3.04. The van der Waals surface area contributed by atoms with Crippen LogP contribution in [-0.4, -0.2) is 22.1 Å². The van der Waals surface area contributed by atoms with Crippen molar-refractivity contribution in [1.29, 1.82) is 0 Å². The molecule has 0 aliphatic heterocycles. The number of rotatable bonds is 2. The molecule has 22 heavy (non-hydrogen) atoms. The molecule has 0 bridgehead atoms. The molecule has 3 rings (SSSR count). The second-order valence-corrected chi connectivity index (χ2v) is 7.56. The number of amides is 1. The van der Waals surface area contributed by atoms with Gasteiger partial charge < -0.3 is 10.4 Å². The number of aliphatic hydroxyl groups excluding tert-OH is 1. The summed E-state index contributed by atoms with van der Waals surface area (Å²) in [5.41, 5.74) is 4.43. The van der Waals surface area contributed by atoms with Crippen molar-refractivity contribution in [3.8, 4) is 0 Å². The molecular formula is C17H20N2O2S. The van der Waals surface area contributed by atoms with Crippen LogP contribution in [0.25, 0.3) is 0 Å². The Hall–Kier alpha value is -1.72. The summed E-state index contributed by atoms with van der Waals surface area (Å²) in [7, 11) is 0. The van der Waals surface area contributed by atoms with Gasteiger partial charge in [-0.15, -0.1) is 11.3 Å². The van der Waals surface area contributed by atoms with E-state index >= 15 is 0 Å². The summed E-state index contributed by atoms with van der Waals surface area (Å²) in [5.74, 6) is -0.159. The van der Waals surface area contributed by atoms with Crippen molar-refractivity contribution in [3.05, 3.63) is 51.5 Å². The van der Waals surface area contributed by atoms with Gasteiger partial charge in [0.1, 0.15) is 4.88 Å². The van der Waals surface area contributed by atoms with E-state index in [9.17, 15) is 9.90 Å². The predicted molar refractivity (Wildman–Crippen MR) is 87.2 cm³/mol. The molecule has 1 aliphatic rings. The zero-order valence-electron chi connectivity index (χ0n) is 13.0. The van der Waals surface area contributed by atoms with Gasteiger partial charge in [-0.2, -0.15) is 0 Å². The van der Waals surface area contributed by atoms with Crippen molar-refractivity contribution in [2.45, 2.75) is 44.8 Å². The van der Waals surface area contributed by atoms with E-state index in [2.05, 4.69) is 10.3 Å². The molecule has 1 amide bonds. The molecule has 0 spiro atoms. The molecule has 1 aromatic carbocycles. The third-order valence-electron chi connectivity index (χ3n) is 3.97. The Bertz CT molecular complexity index is 703. The standard InChI is InChI=1S/C17H20N2O2S/c1-17(2,3)15-14(22-9-18-15)16(21)19-13-11-7-5-4-6-10(11)8-12(13)20/h4-7,9,12-13,20H,8H2,1-3H3,(H,19,21)/t12-,13-/m1/s1. The molecule has 0 saturated carbocycles. The van der Waals surface area contributed by atoms with Crippen LogP contribution >= 0.6 is 11.3 Å². The van der Waals surface area contributed by atoms with E-state index in [1.807, 2.05) is 45.0 Å². The molecule has 0 radical (unpaired) electrons. The van der Waals surface area contributed by atoms with Gasteiger partial charge in [0, 0.05) is 11.8 Å². The molecule has 2 N–H and O–H groups in total. The van der Waals surface area contributed by atoms with Gasteiger partial charge in [-0.1, -0.05) is 45.0 Å². The molecule has 1 heterocycles. The third kappa shape index (κ3) is 2.66. The molecule has 1 aromatic heterocycles. The van der Waals surface area contributed by atoms with E-state index in [0.29, 0.717) is 11.3 Å². The molecule has 5 heteroatoms. The highest BCUT2D eigenvalue weighted by atomic mass is 32.1. The lowest BCUT2D eigenvalue weighted by atomic mass is 9.91. The molecular weight excluding hydrogens is 296 g/mol. The first-order valence-corrected chi connectivity index (χ1v) is 8.26. The number of nitrogens with zero attached hydrogens (tertiary/aromatic N) is 1. The molecule has 2 atom stereocenters. The number of aromatic nitrogens is 1. The zero-order chi connectivity index (χ0) is 15.9. The number of thiazole rings is 1. The van der Waals surface area contributed by atoms with Gasteiger partial charge in [0.2, 0.25) is 0 Å². The zero-order valence-corrected chi connectivity index (χ0v) is 13.8. The van der Waals surface area contributed by atoms with Crippen molar-refractivity contribution >= 4 is 17.2 Å². The molecule has 1 aliphatic carbocycles. The lowest BCUT2D eigenvalue weighted by Gasteiger charge is -2.20. The van der Waals surface area contributed by atoms with Gasteiger partial charge in [-0.3, -0.25) is 4.79 Å². The summed E-state index contributed by atoms with van der Waals surface area (Å²) in [6.45, 7) is 6.12. The summed E-state index contributed by atoms with van der Waals surface area (Å²) < 4.78 is 0. The smallest absolute Gasteiger partial charge is 0.263 e. The second-order valence-electron chi connectivity index (χ2n) is 6.70. The topological polar surface area (TPSA) is 62.2 Å². The Morgan fingerprint density at radius 2 is 2.09 bits per heavy atom. The Balaban J connectivity index is 1.86. The van der Waals surface area contributed by atoms with Crippen LogP contribution in [-0.2, 0) is 11.8 Å². The van der Waals surface area contributed by atoms with Gasteiger partial charge in [0.25, 0.3) is 5.91 Å². The van der Waals surface area contributed by atoms with Crippen molar-refractivity contribution in [2.75, 3.05) is 0 Å². The van der Waals surface area contributed by atoms with Crippen molar-refractivity contribution in [3.63, 3.8) is 0 Å². The minimum Gasteiger partial charge on any atom is -0.390 e. The van der Waals surface area contributed by atoms with Crippen LogP contribution < -0.4 is 5.32 Å². The molecule has 2 aromatic rings. The maximum Gasteiger partial charge on any atom is 0.263 e. The van der Waals surface area contributed by atoms with Crippen molar-refractivity contribution < 1.29 is 9.90 Å². The molecule has 116 valence electrons. The minimum atomic E-state index is -0.577. The first-order chi connectivity index (χ1) is 10.4. The van der Waals surface area contributed by atoms with Crippen LogP contribution in [0.5, 0.6) is 0 Å². The summed E-state index contributed by atoms with van der Waals surface area (Å²) >= 11 is 1.35. The van der Waals surface area contributed by atoms with Crippen LogP contribution in [0.4, 0.5) is 0 Å². The third-order valence-corrected chi connectivity index (χ3v) is 4.80. The van der Waals surface area contributed by atoms with Gasteiger partial charge >= 0.3 is 0 Å². The first-order valence-electron chi connectivity index (χ1n) is 7.38. The van der Waals surface area contributed by atoms with Gasteiger partial charge in [-0.05, 0) is 11.1 Å². The Labute approximate surface area is 134 Å². The van der Waals surface area contributed by atoms with Crippen molar-refractivity contribution in [1.82, 2.24) is 10.3 Å². The maximum absolute atomic E-state index is 12.6. The van der Waals surface area contributed by atoms with Crippen LogP contribution in [0.2, 0.25) is 0 Å². The highest BCUT2D eigenvalue weighted by Gasteiger charge is 2.33. The lowest BCUT2D eigenvalue weighted by Crippen LogP contribution is -2.34. The van der Waals surface area contributed by atoms with Gasteiger partial charge in [-0.25, -0.2) is 4.98 Å². The fraction of sp³-hybridized carbons (Fsp3) is 0.412. The molecule has 0 fully saturated rings. The van der Waals surface area contributed by atoms with Crippen LogP contribution in [0, 0.1) is 0 Å². The SMILES string of the molecule is CC(C)(C)c1ncsc1C(=O)N[C@@H]1c2ccccc2C[C@H]1O. The number of aliphatic hydroxyl groups is 1. The Morgan fingerprint density at radius 1 is 1.36 bits per heavy atom. The highest BCUT2D eigenvalue weighted by Crippen LogP contribution is 2.33. The number of fused-ring (bicyclic) bond motifs is 1. The van der Waals surface area contributed by atoms with Gasteiger partial charge in [0.05, 0.1) is 23.4 Å². The van der Waals surface area contributed by atoms with Gasteiger partial charge in [0.15, 0.2) is 0 Å². The van der Waals surface area contributed by atoms with E-state index in [1.165, 1.54) is 11.3 Å². The maximum atomic E-state index is 12.6. The largest absolute Gasteiger partial charge is 0.390 e. The molecule has 0 unspecified atom stereocenters. The summed E-state index contributed by atoms with van der Waals surface area (Å²) in [4.78, 5) is 17.6. The molecule has 0 saturated heterocycles. The Morgan fingerprint density at radius 3 is 2.82 bits per heavy atom. The minimum absolute atomic E-state index is 0.159. The number of hydrogen-bond donors (Lipinski definition) is 2. The summed E-state index contributed by atoms with van der Waals surface area (Å²) in [6, 6.07) is 7.50. The quantitative estimate of drug-likeness (QED) is 0.895. The van der Waals surface area contributed by atoms with Crippen LogP contribution in [0.1, 0.15) is 53.3 Å². The number of carbonyl (C=O) groups is 1. The second kappa shape index (κ2) is 5.48. The molecule has 4 nitrogen and oxygen atoms in total. The summed E-state index contributed by atoms with van der Waals surface area (Å²) in [5, 5.41) is 13.2. The predicted octanol–water partition coefficient (Wildman–Crippen LogP) is 2.83. The number of hydrogen-bond acceptors (Lipinski definition) is 4. The number of benzene rings is 1. The number of nitrogens with one attached hydrogen (secondary N) is 1. The van der Waals surface area contributed by atoms with E-state index < -0.39 is 6.10 Å². The van der Waals surface area contributed by atoms with E-state index in [4.69, 9.17) is 0 Å². The highest BCUT2D eigenvalue weighted by molar-refractivity contribution is 7.11. The normalized spacial score (nSPS) is 20.7. The van der Waals surface area contributed by atoms with Crippen LogP contribution in [0.3, 0.4) is 0 Å². The Kier molecular flexibility index (Phi) is 3.78. The fourth-order valence-electron chi connectivity index (χ4n) is 2.90. The van der Waals surface area contributed by atoms with Crippen molar-refractivity contribution in [2.24, 2.45) is 0 Å². The number of carbonyl (C=O) groups excluding carboxylic acids is 1.